The van der Waals surface area contributed by atoms with Gasteiger partial charge in [0.2, 0.25) is 0 Å². The fourth-order valence-electron chi connectivity index (χ4n) is 2.50. The van der Waals surface area contributed by atoms with Gasteiger partial charge in [0.1, 0.15) is 5.82 Å². The predicted octanol–water partition coefficient (Wildman–Crippen LogP) is 3.20. The molecule has 0 radical (unpaired) electrons. The highest BCUT2D eigenvalue weighted by Gasteiger charge is 2.20. The molecule has 84 valence electrons. The third-order valence-electron chi connectivity index (χ3n) is 3.35. The van der Waals surface area contributed by atoms with E-state index in [2.05, 4.69) is 4.98 Å². The lowest BCUT2D eigenvalue weighted by Crippen LogP contribution is -2.13. The van der Waals surface area contributed by atoms with Crippen molar-refractivity contribution in [3.63, 3.8) is 0 Å². The lowest BCUT2D eigenvalue weighted by atomic mass is 9.91. The average molecular weight is 219 g/mol. The van der Waals surface area contributed by atoms with Gasteiger partial charge in [0.05, 0.1) is 0 Å². The molecule has 0 aliphatic carbocycles. The van der Waals surface area contributed by atoms with Gasteiger partial charge in [-0.15, -0.1) is 0 Å². The van der Waals surface area contributed by atoms with Crippen LogP contribution in [0.2, 0.25) is 0 Å². The maximum atomic E-state index is 13.8. The van der Waals surface area contributed by atoms with E-state index < -0.39 is 0 Å². The van der Waals surface area contributed by atoms with Crippen LogP contribution in [0.4, 0.5) is 4.39 Å². The van der Waals surface area contributed by atoms with Crippen molar-refractivity contribution in [2.75, 3.05) is 13.2 Å². The Kier molecular flexibility index (Phi) is 2.40. The summed E-state index contributed by atoms with van der Waals surface area (Å²) in [6.07, 6.45) is 3.92. The number of fused-ring (bicyclic) bond motifs is 1. The Morgan fingerprint density at radius 1 is 1.25 bits per heavy atom. The van der Waals surface area contributed by atoms with Crippen LogP contribution >= 0.6 is 0 Å². The van der Waals surface area contributed by atoms with E-state index in [0.29, 0.717) is 5.92 Å². The molecule has 3 heteroatoms. The molecule has 3 rings (SSSR count). The third kappa shape index (κ3) is 1.52. The van der Waals surface area contributed by atoms with Gasteiger partial charge in [-0.1, -0.05) is 6.07 Å². The number of hydrogen-bond donors (Lipinski definition) is 1. The van der Waals surface area contributed by atoms with E-state index in [0.717, 1.165) is 42.5 Å². The predicted molar refractivity (Wildman–Crippen MR) is 61.1 cm³/mol. The molecule has 0 spiro atoms. The number of rotatable bonds is 1. The van der Waals surface area contributed by atoms with Crippen LogP contribution in [-0.2, 0) is 4.74 Å². The van der Waals surface area contributed by atoms with Crippen molar-refractivity contribution in [2.45, 2.75) is 18.8 Å². The second-order valence-corrected chi connectivity index (χ2v) is 4.29. The smallest absolute Gasteiger partial charge is 0.132 e. The Morgan fingerprint density at radius 3 is 2.88 bits per heavy atom. The van der Waals surface area contributed by atoms with Crippen LogP contribution in [0.25, 0.3) is 10.9 Å². The number of benzene rings is 1. The highest BCUT2D eigenvalue weighted by molar-refractivity contribution is 5.84. The van der Waals surface area contributed by atoms with E-state index in [4.69, 9.17) is 4.74 Å². The number of ether oxygens (including phenoxy) is 1. The number of H-pyrrole nitrogens is 1. The second-order valence-electron chi connectivity index (χ2n) is 4.29. The van der Waals surface area contributed by atoms with Gasteiger partial charge in [-0.05, 0) is 36.5 Å². The molecule has 0 saturated carbocycles. The summed E-state index contributed by atoms with van der Waals surface area (Å²) in [5.74, 6) is 0.305. The fourth-order valence-corrected chi connectivity index (χ4v) is 2.50. The summed E-state index contributed by atoms with van der Waals surface area (Å²) in [5.41, 5.74) is 2.00. The second kappa shape index (κ2) is 3.91. The molecule has 0 bridgehead atoms. The van der Waals surface area contributed by atoms with Crippen molar-refractivity contribution in [3.8, 4) is 0 Å². The third-order valence-corrected chi connectivity index (χ3v) is 3.35. The van der Waals surface area contributed by atoms with Crippen molar-refractivity contribution in [1.29, 1.82) is 0 Å². The van der Waals surface area contributed by atoms with E-state index in [1.54, 1.807) is 6.07 Å². The Morgan fingerprint density at radius 2 is 2.06 bits per heavy atom. The molecule has 1 aliphatic heterocycles. The van der Waals surface area contributed by atoms with Crippen molar-refractivity contribution in [2.24, 2.45) is 0 Å². The first-order valence-electron chi connectivity index (χ1n) is 5.69. The topological polar surface area (TPSA) is 25.0 Å². The van der Waals surface area contributed by atoms with E-state index in [-0.39, 0.29) is 5.82 Å². The van der Waals surface area contributed by atoms with Gasteiger partial charge < -0.3 is 9.72 Å². The van der Waals surface area contributed by atoms with Gasteiger partial charge in [0, 0.05) is 30.3 Å². The molecule has 0 unspecified atom stereocenters. The average Bonchev–Trinajstić information content (AvgIpc) is 2.75. The first kappa shape index (κ1) is 9.85. The Labute approximate surface area is 93.4 Å². The molecule has 0 amide bonds. The van der Waals surface area contributed by atoms with Crippen molar-refractivity contribution >= 4 is 10.9 Å². The normalized spacial score (nSPS) is 18.1. The Bertz CT molecular complexity index is 500. The molecule has 2 nitrogen and oxygen atoms in total. The summed E-state index contributed by atoms with van der Waals surface area (Å²) in [6.45, 7) is 1.57. The lowest BCUT2D eigenvalue weighted by molar-refractivity contribution is 0.0856. The van der Waals surface area contributed by atoms with E-state index >= 15 is 0 Å². The Balaban J connectivity index is 2.09. The molecule has 0 atom stereocenters. The SMILES string of the molecule is Fc1cccc2[nH]cc(C3CCOCC3)c12. The zero-order valence-electron chi connectivity index (χ0n) is 9.00. The first-order chi connectivity index (χ1) is 7.86. The molecule has 1 aliphatic rings. The zero-order valence-corrected chi connectivity index (χ0v) is 9.00. The summed E-state index contributed by atoms with van der Waals surface area (Å²) < 4.78 is 19.1. The van der Waals surface area contributed by atoms with Gasteiger partial charge in [0.15, 0.2) is 0 Å². The van der Waals surface area contributed by atoms with Crippen molar-refractivity contribution < 1.29 is 9.13 Å². The van der Waals surface area contributed by atoms with Gasteiger partial charge >= 0.3 is 0 Å². The van der Waals surface area contributed by atoms with Crippen LogP contribution < -0.4 is 0 Å². The molecular weight excluding hydrogens is 205 g/mol. The minimum absolute atomic E-state index is 0.125. The minimum Gasteiger partial charge on any atom is -0.381 e. The molecule has 1 aromatic carbocycles. The van der Waals surface area contributed by atoms with Crippen LogP contribution in [0.3, 0.4) is 0 Å². The van der Waals surface area contributed by atoms with Crippen LogP contribution in [0.15, 0.2) is 24.4 Å². The molecule has 1 fully saturated rings. The van der Waals surface area contributed by atoms with Crippen LogP contribution in [0.1, 0.15) is 24.3 Å². The van der Waals surface area contributed by atoms with Crippen molar-refractivity contribution in [3.05, 3.63) is 35.8 Å². The molecule has 1 N–H and O–H groups in total. The van der Waals surface area contributed by atoms with Gasteiger partial charge in [-0.3, -0.25) is 0 Å². The lowest BCUT2D eigenvalue weighted by Gasteiger charge is -2.21. The summed E-state index contributed by atoms with van der Waals surface area (Å²) >= 11 is 0. The first-order valence-corrected chi connectivity index (χ1v) is 5.69. The number of aromatic amines is 1. The monoisotopic (exact) mass is 219 g/mol. The molecule has 16 heavy (non-hydrogen) atoms. The van der Waals surface area contributed by atoms with Crippen LogP contribution in [0.5, 0.6) is 0 Å². The number of aromatic nitrogens is 1. The van der Waals surface area contributed by atoms with Gasteiger partial charge in [0.25, 0.3) is 0 Å². The molecule has 1 aromatic heterocycles. The maximum absolute atomic E-state index is 13.8. The highest BCUT2D eigenvalue weighted by Crippen LogP contribution is 2.33. The number of halogens is 1. The van der Waals surface area contributed by atoms with Crippen molar-refractivity contribution in [1.82, 2.24) is 4.98 Å². The van der Waals surface area contributed by atoms with Crippen LogP contribution in [-0.4, -0.2) is 18.2 Å². The highest BCUT2D eigenvalue weighted by atomic mass is 19.1. The molecular formula is C13H14FNO. The molecule has 1 saturated heterocycles. The maximum Gasteiger partial charge on any atom is 0.132 e. The van der Waals surface area contributed by atoms with Crippen LogP contribution in [0, 0.1) is 5.82 Å². The summed E-state index contributed by atoms with van der Waals surface area (Å²) in [7, 11) is 0. The van der Waals surface area contributed by atoms with Gasteiger partial charge in [-0.25, -0.2) is 4.39 Å². The van der Waals surface area contributed by atoms with E-state index in [1.807, 2.05) is 12.3 Å². The fraction of sp³-hybridized carbons (Fsp3) is 0.385. The number of hydrogen-bond acceptors (Lipinski definition) is 1. The Hall–Kier alpha value is -1.35. The quantitative estimate of drug-likeness (QED) is 0.782. The minimum atomic E-state index is -0.125. The molecule has 2 aromatic rings. The summed E-state index contributed by atoms with van der Waals surface area (Å²) in [4.78, 5) is 3.15. The van der Waals surface area contributed by atoms with Gasteiger partial charge in [-0.2, -0.15) is 0 Å². The zero-order chi connectivity index (χ0) is 11.0. The summed E-state index contributed by atoms with van der Waals surface area (Å²) in [6, 6.07) is 5.18. The van der Waals surface area contributed by atoms with E-state index in [1.165, 1.54) is 6.07 Å². The van der Waals surface area contributed by atoms with E-state index in [9.17, 15) is 4.39 Å². The molecule has 2 heterocycles. The standard InChI is InChI=1S/C13H14FNO/c14-11-2-1-3-12-13(11)10(8-15-12)9-4-6-16-7-5-9/h1-3,8-9,15H,4-7H2. The number of nitrogens with one attached hydrogen (secondary N) is 1. The largest absolute Gasteiger partial charge is 0.381 e. The summed E-state index contributed by atoms with van der Waals surface area (Å²) in [5, 5.41) is 0.759.